The van der Waals surface area contributed by atoms with Gasteiger partial charge in [0.05, 0.1) is 17.2 Å². The van der Waals surface area contributed by atoms with Crippen LogP contribution in [0.2, 0.25) is 0 Å². The van der Waals surface area contributed by atoms with Crippen molar-refractivity contribution in [1.29, 1.82) is 0 Å². The van der Waals surface area contributed by atoms with Crippen molar-refractivity contribution in [3.05, 3.63) is 66.0 Å². The molecule has 29 heavy (non-hydrogen) atoms. The number of para-hydroxylation sites is 1. The highest BCUT2D eigenvalue weighted by Gasteiger charge is 2.22. The topological polar surface area (TPSA) is 108 Å². The Morgan fingerprint density at radius 1 is 1.03 bits per heavy atom. The molecule has 4 rings (SSSR count). The summed E-state index contributed by atoms with van der Waals surface area (Å²) in [5, 5.41) is 3.04. The fraction of sp³-hybridized carbons (Fsp3) is 0.105. The second kappa shape index (κ2) is 6.97. The summed E-state index contributed by atoms with van der Waals surface area (Å²) in [7, 11) is 0. The quantitative estimate of drug-likeness (QED) is 0.484. The smallest absolute Gasteiger partial charge is 0.155 e. The summed E-state index contributed by atoms with van der Waals surface area (Å²) in [6.45, 7) is 1.73. The molecule has 7 nitrogen and oxygen atoms in total. The highest BCUT2D eigenvalue weighted by Crippen LogP contribution is 2.30. The molecule has 1 atom stereocenters. The number of benzene rings is 2. The van der Waals surface area contributed by atoms with Gasteiger partial charge in [-0.3, -0.25) is 4.57 Å². The summed E-state index contributed by atoms with van der Waals surface area (Å²) < 4.78 is 43.6. The van der Waals surface area contributed by atoms with Crippen LogP contribution in [0.15, 0.2) is 42.7 Å². The number of nitrogen functional groups attached to an aromatic ring is 2. The van der Waals surface area contributed by atoms with E-state index in [1.807, 2.05) is 0 Å². The molecule has 2 aromatic carbocycles. The van der Waals surface area contributed by atoms with E-state index in [1.165, 1.54) is 23.0 Å². The molecule has 148 valence electrons. The van der Waals surface area contributed by atoms with E-state index in [-0.39, 0.29) is 28.5 Å². The number of rotatable bonds is 4. The molecule has 10 heteroatoms. The Morgan fingerprint density at radius 2 is 1.76 bits per heavy atom. The summed E-state index contributed by atoms with van der Waals surface area (Å²) in [4.78, 5) is 12.2. The lowest BCUT2D eigenvalue weighted by Gasteiger charge is -2.18. The number of aromatic nitrogens is 4. The summed E-state index contributed by atoms with van der Waals surface area (Å²) in [6.07, 6.45) is 1.24. The second-order valence-electron chi connectivity index (χ2n) is 6.43. The first-order chi connectivity index (χ1) is 13.8. The molecule has 0 aliphatic heterocycles. The molecular weight excluding hydrogens is 383 g/mol. The molecule has 0 aliphatic rings. The number of anilines is 3. The highest BCUT2D eigenvalue weighted by molar-refractivity contribution is 5.79. The molecule has 0 amide bonds. The predicted octanol–water partition coefficient (Wildman–Crippen LogP) is 3.57. The van der Waals surface area contributed by atoms with Gasteiger partial charge in [0.1, 0.15) is 35.0 Å². The fourth-order valence-electron chi connectivity index (χ4n) is 3.11. The first kappa shape index (κ1) is 18.5. The van der Waals surface area contributed by atoms with E-state index in [0.29, 0.717) is 11.3 Å². The highest BCUT2D eigenvalue weighted by atomic mass is 19.1. The molecule has 0 saturated carbocycles. The third-order valence-electron chi connectivity index (χ3n) is 4.42. The van der Waals surface area contributed by atoms with Gasteiger partial charge in [0, 0.05) is 6.07 Å². The van der Waals surface area contributed by atoms with Crippen LogP contribution < -0.4 is 16.8 Å². The Bertz CT molecular complexity index is 1200. The maximum absolute atomic E-state index is 14.4. The van der Waals surface area contributed by atoms with Gasteiger partial charge in [-0.25, -0.2) is 28.1 Å². The van der Waals surface area contributed by atoms with Gasteiger partial charge in [-0.15, -0.1) is 0 Å². The van der Waals surface area contributed by atoms with E-state index in [4.69, 9.17) is 11.5 Å². The second-order valence-corrected chi connectivity index (χ2v) is 6.43. The molecule has 0 aliphatic carbocycles. The van der Waals surface area contributed by atoms with Crippen molar-refractivity contribution in [3.8, 4) is 5.69 Å². The zero-order valence-electron chi connectivity index (χ0n) is 15.2. The van der Waals surface area contributed by atoms with Crippen molar-refractivity contribution in [3.63, 3.8) is 0 Å². The average molecular weight is 399 g/mol. The Hall–Kier alpha value is -3.82. The third kappa shape index (κ3) is 3.28. The van der Waals surface area contributed by atoms with Gasteiger partial charge in [0.25, 0.3) is 0 Å². The van der Waals surface area contributed by atoms with Gasteiger partial charge in [-0.1, -0.05) is 6.07 Å². The average Bonchev–Trinajstić information content (AvgIpc) is 3.06. The van der Waals surface area contributed by atoms with Gasteiger partial charge in [0.15, 0.2) is 17.5 Å². The first-order valence-electron chi connectivity index (χ1n) is 8.61. The molecule has 0 fully saturated rings. The molecule has 0 radical (unpaired) electrons. The van der Waals surface area contributed by atoms with E-state index in [2.05, 4.69) is 20.3 Å². The van der Waals surface area contributed by atoms with Crippen molar-refractivity contribution in [2.75, 3.05) is 16.8 Å². The number of fused-ring (bicyclic) bond motifs is 1. The summed E-state index contributed by atoms with van der Waals surface area (Å²) >= 11 is 0. The van der Waals surface area contributed by atoms with Crippen LogP contribution in [0.3, 0.4) is 0 Å². The Morgan fingerprint density at radius 3 is 2.48 bits per heavy atom. The number of nitrogens with two attached hydrogens (primary N) is 2. The summed E-state index contributed by atoms with van der Waals surface area (Å²) in [5.74, 6) is -1.43. The van der Waals surface area contributed by atoms with Crippen LogP contribution in [0.5, 0.6) is 0 Å². The predicted molar refractivity (Wildman–Crippen MR) is 104 cm³/mol. The lowest BCUT2D eigenvalue weighted by atomic mass is 10.2. The zero-order valence-corrected chi connectivity index (χ0v) is 15.2. The van der Waals surface area contributed by atoms with Crippen LogP contribution in [0.1, 0.15) is 18.8 Å². The zero-order chi connectivity index (χ0) is 20.7. The monoisotopic (exact) mass is 399 g/mol. The van der Waals surface area contributed by atoms with Gasteiger partial charge in [-0.2, -0.15) is 0 Å². The van der Waals surface area contributed by atoms with Gasteiger partial charge < -0.3 is 16.8 Å². The van der Waals surface area contributed by atoms with Crippen molar-refractivity contribution in [2.24, 2.45) is 0 Å². The number of hydrogen-bond donors (Lipinski definition) is 3. The van der Waals surface area contributed by atoms with Gasteiger partial charge in [-0.05, 0) is 31.2 Å². The lowest BCUT2D eigenvalue weighted by Crippen LogP contribution is -2.16. The number of halogens is 3. The van der Waals surface area contributed by atoms with E-state index in [1.54, 1.807) is 13.0 Å². The van der Waals surface area contributed by atoms with Crippen molar-refractivity contribution in [2.45, 2.75) is 13.0 Å². The molecule has 0 bridgehead atoms. The van der Waals surface area contributed by atoms with Gasteiger partial charge >= 0.3 is 0 Å². The van der Waals surface area contributed by atoms with E-state index in [9.17, 15) is 13.2 Å². The van der Waals surface area contributed by atoms with Crippen LogP contribution in [0, 0.1) is 17.5 Å². The summed E-state index contributed by atoms with van der Waals surface area (Å²) in [6, 6.07) is 6.83. The van der Waals surface area contributed by atoms with Crippen LogP contribution >= 0.6 is 0 Å². The lowest BCUT2D eigenvalue weighted by molar-refractivity contribution is 0.581. The number of hydrogen-bond acceptors (Lipinski definition) is 6. The number of nitrogens with zero attached hydrogens (tertiary/aromatic N) is 4. The Kier molecular flexibility index (Phi) is 4.45. The minimum atomic E-state index is -0.766. The van der Waals surface area contributed by atoms with Crippen molar-refractivity contribution < 1.29 is 13.2 Å². The maximum atomic E-state index is 14.4. The van der Waals surface area contributed by atoms with E-state index >= 15 is 0 Å². The Balaban J connectivity index is 1.89. The van der Waals surface area contributed by atoms with Crippen LogP contribution in [-0.4, -0.2) is 19.5 Å². The van der Waals surface area contributed by atoms with Crippen molar-refractivity contribution in [1.82, 2.24) is 19.5 Å². The van der Waals surface area contributed by atoms with Gasteiger partial charge in [0.2, 0.25) is 0 Å². The summed E-state index contributed by atoms with van der Waals surface area (Å²) in [5.41, 5.74) is 12.3. The molecule has 4 aromatic rings. The first-order valence-corrected chi connectivity index (χ1v) is 8.61. The van der Waals surface area contributed by atoms with Crippen LogP contribution in [0.25, 0.3) is 16.7 Å². The Labute approximate surface area is 163 Å². The normalized spacial score (nSPS) is 12.3. The molecule has 1 unspecified atom stereocenters. The molecule has 5 N–H and O–H groups in total. The van der Waals surface area contributed by atoms with Crippen LogP contribution in [-0.2, 0) is 0 Å². The number of nitrogens with one attached hydrogen (secondary N) is 1. The molecule has 2 heterocycles. The number of imidazole rings is 1. The standard InChI is InChI=1S/C19H16F3N7/c1-9(27-18-15(23)17(24)25-8-26-18)19-28-16-13(22)3-2-4-14(16)29(19)12-6-10(20)5-11(21)7-12/h2-9H,23H2,1H3,(H3,24,25,26,27). The fourth-order valence-corrected chi connectivity index (χ4v) is 3.11. The molecular formula is C19H16F3N7. The largest absolute Gasteiger partial charge is 0.393 e. The van der Waals surface area contributed by atoms with Crippen molar-refractivity contribution >= 4 is 28.4 Å². The molecule has 2 aromatic heterocycles. The molecule has 0 saturated heterocycles. The SMILES string of the molecule is CC(Nc1ncnc(N)c1N)c1nc2c(F)cccc2n1-c1cc(F)cc(F)c1. The minimum absolute atomic E-state index is 0.0657. The third-order valence-corrected chi connectivity index (χ3v) is 4.42. The van der Waals surface area contributed by atoms with E-state index < -0.39 is 23.5 Å². The molecule has 0 spiro atoms. The maximum Gasteiger partial charge on any atom is 0.155 e. The van der Waals surface area contributed by atoms with Crippen LogP contribution in [0.4, 0.5) is 30.5 Å². The minimum Gasteiger partial charge on any atom is -0.393 e. The van der Waals surface area contributed by atoms with E-state index in [0.717, 1.165) is 18.2 Å².